The van der Waals surface area contributed by atoms with Crippen LogP contribution in [0.5, 0.6) is 0 Å². The van der Waals surface area contributed by atoms with Crippen molar-refractivity contribution < 1.29 is 0 Å². The van der Waals surface area contributed by atoms with Crippen LogP contribution >= 0.6 is 0 Å². The first kappa shape index (κ1) is 12.7. The lowest BCUT2D eigenvalue weighted by Crippen LogP contribution is -1.94. The van der Waals surface area contributed by atoms with Crippen LogP contribution in [0.1, 0.15) is 70.6 Å². The monoisotopic (exact) mass is 266 g/mol. The molecule has 0 heterocycles. The van der Waals surface area contributed by atoms with Crippen LogP contribution in [0.4, 0.5) is 0 Å². The third kappa shape index (κ3) is 2.45. The molecule has 0 spiro atoms. The van der Waals surface area contributed by atoms with E-state index < -0.39 is 0 Å². The van der Waals surface area contributed by atoms with E-state index in [9.17, 15) is 0 Å². The molecule has 106 valence electrons. The minimum atomic E-state index is 0.747. The number of hydrogen-bond acceptors (Lipinski definition) is 0. The van der Waals surface area contributed by atoms with Crippen LogP contribution in [0.2, 0.25) is 0 Å². The first-order valence-electron chi connectivity index (χ1n) is 8.70. The fourth-order valence-electron chi connectivity index (χ4n) is 4.52. The Morgan fingerprint density at radius 3 is 2.30 bits per heavy atom. The fraction of sp³-hybridized carbons (Fsp3) is 0.600. The Hall–Kier alpha value is -1.04. The highest BCUT2D eigenvalue weighted by molar-refractivity contribution is 5.42. The van der Waals surface area contributed by atoms with Crippen molar-refractivity contribution >= 4 is 0 Å². The zero-order valence-electron chi connectivity index (χ0n) is 12.6. The van der Waals surface area contributed by atoms with Crippen molar-refractivity contribution in [2.75, 3.05) is 0 Å². The third-order valence-electron chi connectivity index (χ3n) is 5.63. The quantitative estimate of drug-likeness (QED) is 0.585. The molecule has 0 atom stereocenters. The Kier molecular flexibility index (Phi) is 3.42. The number of allylic oxidation sites excluding steroid dienone is 8. The molecular weight excluding hydrogens is 240 g/mol. The average molecular weight is 266 g/mol. The van der Waals surface area contributed by atoms with Crippen LogP contribution < -0.4 is 0 Å². The molecule has 0 bridgehead atoms. The lowest BCUT2D eigenvalue weighted by atomic mass is 9.92. The molecule has 0 aromatic heterocycles. The maximum atomic E-state index is 2.58. The van der Waals surface area contributed by atoms with Gasteiger partial charge in [0.2, 0.25) is 0 Å². The van der Waals surface area contributed by atoms with Crippen LogP contribution in [0.15, 0.2) is 46.1 Å². The Morgan fingerprint density at radius 1 is 0.850 bits per heavy atom. The smallest absolute Gasteiger partial charge is 0.00386 e. The summed E-state index contributed by atoms with van der Waals surface area (Å²) in [5, 5.41) is 0. The maximum absolute atomic E-state index is 2.58. The molecule has 0 aliphatic heterocycles. The summed E-state index contributed by atoms with van der Waals surface area (Å²) in [6.45, 7) is 0. The second kappa shape index (κ2) is 5.39. The number of hydrogen-bond donors (Lipinski definition) is 0. The lowest BCUT2D eigenvalue weighted by molar-refractivity contribution is 0.670. The summed E-state index contributed by atoms with van der Waals surface area (Å²) in [5.41, 5.74) is 8.60. The molecule has 4 rings (SSSR count). The first-order valence-corrected chi connectivity index (χ1v) is 8.70. The van der Waals surface area contributed by atoms with Crippen LogP contribution in [0, 0.1) is 5.92 Å². The Balaban J connectivity index is 1.34. The molecule has 0 radical (unpaired) electrons. The minimum Gasteiger partial charge on any atom is -0.0741 e. The van der Waals surface area contributed by atoms with Crippen molar-refractivity contribution in [1.82, 2.24) is 0 Å². The topological polar surface area (TPSA) is 0 Å². The van der Waals surface area contributed by atoms with Gasteiger partial charge >= 0.3 is 0 Å². The predicted molar refractivity (Wildman–Crippen MR) is 85.6 cm³/mol. The standard InChI is InChI=1S/C20H26/c1-2-6-18-12-15(11-17(18)5-1)9-10-16-13-19-7-3-4-8-20(19)14-16/h11-13,15H,1-10,14H2. The van der Waals surface area contributed by atoms with Crippen LogP contribution in [0.25, 0.3) is 0 Å². The molecular formula is C20H26. The van der Waals surface area contributed by atoms with Gasteiger partial charge in [-0.25, -0.2) is 0 Å². The molecule has 0 amide bonds. The van der Waals surface area contributed by atoms with E-state index in [1.54, 1.807) is 27.9 Å². The van der Waals surface area contributed by atoms with Crippen molar-refractivity contribution in [3.8, 4) is 0 Å². The van der Waals surface area contributed by atoms with Crippen molar-refractivity contribution in [3.05, 3.63) is 46.1 Å². The second-order valence-corrected chi connectivity index (χ2v) is 7.11. The Labute approximate surface area is 123 Å². The van der Waals surface area contributed by atoms with E-state index in [1.165, 1.54) is 70.6 Å². The zero-order valence-corrected chi connectivity index (χ0v) is 12.6. The summed E-state index contributed by atoms with van der Waals surface area (Å²) in [7, 11) is 0. The number of fused-ring (bicyclic) bond motifs is 1. The summed E-state index contributed by atoms with van der Waals surface area (Å²) in [6.07, 6.45) is 22.8. The third-order valence-corrected chi connectivity index (χ3v) is 5.63. The van der Waals surface area contributed by atoms with Crippen LogP contribution in [-0.2, 0) is 0 Å². The van der Waals surface area contributed by atoms with Gasteiger partial charge in [0.05, 0.1) is 0 Å². The second-order valence-electron chi connectivity index (χ2n) is 7.11. The molecule has 0 aromatic rings. The van der Waals surface area contributed by atoms with E-state index in [0.29, 0.717) is 0 Å². The van der Waals surface area contributed by atoms with Gasteiger partial charge in [-0.15, -0.1) is 0 Å². The summed E-state index contributed by atoms with van der Waals surface area (Å²) < 4.78 is 0. The normalized spacial score (nSPS) is 26.1. The molecule has 1 fully saturated rings. The SMILES string of the molecule is C1=C(CCC2C=C3CCCCC3=C2)CC2=C1CCCC2. The molecule has 0 N–H and O–H groups in total. The van der Waals surface area contributed by atoms with Gasteiger partial charge in [-0.2, -0.15) is 0 Å². The summed E-state index contributed by atoms with van der Waals surface area (Å²) in [6, 6.07) is 0. The van der Waals surface area contributed by atoms with Gasteiger partial charge in [-0.05, 0) is 93.3 Å². The highest BCUT2D eigenvalue weighted by Gasteiger charge is 2.22. The van der Waals surface area contributed by atoms with Crippen LogP contribution in [-0.4, -0.2) is 0 Å². The molecule has 0 heteroatoms. The largest absolute Gasteiger partial charge is 0.0741 e. The number of rotatable bonds is 3. The lowest BCUT2D eigenvalue weighted by Gasteiger charge is -2.13. The van der Waals surface area contributed by atoms with Gasteiger partial charge in [-0.1, -0.05) is 29.4 Å². The van der Waals surface area contributed by atoms with Crippen molar-refractivity contribution in [2.45, 2.75) is 70.6 Å². The van der Waals surface area contributed by atoms with Gasteiger partial charge in [0.25, 0.3) is 0 Å². The minimum absolute atomic E-state index is 0.747. The Bertz CT molecular complexity index is 502. The van der Waals surface area contributed by atoms with E-state index in [1.807, 2.05) is 0 Å². The van der Waals surface area contributed by atoms with Gasteiger partial charge < -0.3 is 0 Å². The summed E-state index contributed by atoms with van der Waals surface area (Å²) >= 11 is 0. The molecule has 20 heavy (non-hydrogen) atoms. The molecule has 0 aromatic carbocycles. The Morgan fingerprint density at radius 2 is 1.55 bits per heavy atom. The fourth-order valence-corrected chi connectivity index (χ4v) is 4.52. The van der Waals surface area contributed by atoms with E-state index in [4.69, 9.17) is 0 Å². The van der Waals surface area contributed by atoms with E-state index in [2.05, 4.69) is 18.2 Å². The first-order chi connectivity index (χ1) is 9.88. The van der Waals surface area contributed by atoms with Crippen molar-refractivity contribution in [2.24, 2.45) is 5.92 Å². The summed E-state index contributed by atoms with van der Waals surface area (Å²) in [4.78, 5) is 0. The molecule has 1 saturated carbocycles. The van der Waals surface area contributed by atoms with E-state index >= 15 is 0 Å². The van der Waals surface area contributed by atoms with Crippen LogP contribution in [0.3, 0.4) is 0 Å². The summed E-state index contributed by atoms with van der Waals surface area (Å²) in [5.74, 6) is 0.747. The maximum Gasteiger partial charge on any atom is -0.00386 e. The van der Waals surface area contributed by atoms with Gasteiger partial charge in [0.1, 0.15) is 0 Å². The van der Waals surface area contributed by atoms with Gasteiger partial charge in [-0.3, -0.25) is 0 Å². The van der Waals surface area contributed by atoms with Gasteiger partial charge in [0, 0.05) is 0 Å². The highest BCUT2D eigenvalue weighted by atomic mass is 14.3. The molecule has 0 nitrogen and oxygen atoms in total. The predicted octanol–water partition coefficient (Wildman–Crippen LogP) is 6.02. The average Bonchev–Trinajstić information content (AvgIpc) is 3.07. The molecule has 4 aliphatic carbocycles. The highest BCUT2D eigenvalue weighted by Crippen LogP contribution is 2.40. The van der Waals surface area contributed by atoms with Crippen molar-refractivity contribution in [1.29, 1.82) is 0 Å². The van der Waals surface area contributed by atoms with Gasteiger partial charge in [0.15, 0.2) is 0 Å². The molecule has 0 saturated heterocycles. The zero-order chi connectivity index (χ0) is 13.4. The van der Waals surface area contributed by atoms with E-state index in [0.717, 1.165) is 5.92 Å². The van der Waals surface area contributed by atoms with Crippen molar-refractivity contribution in [3.63, 3.8) is 0 Å². The molecule has 0 unspecified atom stereocenters. The molecule has 4 aliphatic rings. The van der Waals surface area contributed by atoms with E-state index in [-0.39, 0.29) is 0 Å².